The number of nitrogens with zero attached hydrogens (tertiary/aromatic N) is 1. The first-order valence-corrected chi connectivity index (χ1v) is 12.8. The summed E-state index contributed by atoms with van der Waals surface area (Å²) in [5.74, 6) is 0. The highest BCUT2D eigenvalue weighted by molar-refractivity contribution is 5.16. The van der Waals surface area contributed by atoms with Crippen LogP contribution in [-0.4, -0.2) is 53.8 Å². The Morgan fingerprint density at radius 3 is 1.81 bits per heavy atom. The lowest BCUT2D eigenvalue weighted by Gasteiger charge is -2.28. The second-order valence-corrected chi connectivity index (χ2v) is 9.49. The second-order valence-electron chi connectivity index (χ2n) is 9.49. The van der Waals surface area contributed by atoms with Crippen LogP contribution in [0.1, 0.15) is 29.5 Å². The third-order valence-corrected chi connectivity index (χ3v) is 6.93. The minimum absolute atomic E-state index is 0.0329. The summed E-state index contributed by atoms with van der Waals surface area (Å²) in [5, 5.41) is 11.6. The average Bonchev–Trinajstić information content (AvgIpc) is 3.45. The summed E-state index contributed by atoms with van der Waals surface area (Å²) < 4.78 is 19.3. The monoisotopic (exact) mass is 489 g/mol. The van der Waals surface area contributed by atoms with Crippen molar-refractivity contribution < 1.29 is 24.2 Å². The maximum absolute atomic E-state index is 9.52. The van der Waals surface area contributed by atoms with Crippen LogP contribution in [-0.2, 0) is 38.9 Å². The number of ether oxygens (including phenoxy) is 3. The lowest BCUT2D eigenvalue weighted by molar-refractivity contribution is -0.198. The van der Waals surface area contributed by atoms with Crippen molar-refractivity contribution in [3.8, 4) is 0 Å². The van der Waals surface area contributed by atoms with Crippen LogP contribution in [0.15, 0.2) is 91.0 Å². The number of benzene rings is 3. The first kappa shape index (κ1) is 25.1. The van der Waals surface area contributed by atoms with Gasteiger partial charge in [-0.2, -0.15) is 5.06 Å². The Balaban J connectivity index is 1.34. The Kier molecular flexibility index (Phi) is 8.77. The molecule has 6 heteroatoms. The average molecular weight is 490 g/mol. The molecule has 5 rings (SSSR count). The molecule has 0 unspecified atom stereocenters. The van der Waals surface area contributed by atoms with Crippen molar-refractivity contribution >= 4 is 0 Å². The SMILES string of the molecule is OCC[C@H]1C[C@@H]2[C@H](OCc3ccccc3)[C@@H](OCc3ccccc3)[C@@H](COCc3ccccc3)N2O1. The molecule has 6 nitrogen and oxygen atoms in total. The van der Waals surface area contributed by atoms with Gasteiger partial charge in [0.2, 0.25) is 0 Å². The van der Waals surface area contributed by atoms with Crippen molar-refractivity contribution in [2.24, 2.45) is 0 Å². The molecule has 2 fully saturated rings. The summed E-state index contributed by atoms with van der Waals surface area (Å²) in [6, 6.07) is 30.5. The molecule has 5 atom stereocenters. The first-order valence-electron chi connectivity index (χ1n) is 12.8. The van der Waals surface area contributed by atoms with E-state index >= 15 is 0 Å². The van der Waals surface area contributed by atoms with Crippen molar-refractivity contribution in [3.63, 3.8) is 0 Å². The van der Waals surface area contributed by atoms with Gasteiger partial charge in [-0.3, -0.25) is 4.84 Å². The third kappa shape index (κ3) is 6.21. The third-order valence-electron chi connectivity index (χ3n) is 6.93. The molecular formula is C30H35NO5. The van der Waals surface area contributed by atoms with E-state index < -0.39 is 0 Å². The smallest absolute Gasteiger partial charge is 0.106 e. The molecule has 0 aromatic heterocycles. The van der Waals surface area contributed by atoms with E-state index in [1.165, 1.54) is 0 Å². The van der Waals surface area contributed by atoms with E-state index in [4.69, 9.17) is 19.0 Å². The first-order chi connectivity index (χ1) is 17.8. The fraction of sp³-hybridized carbons (Fsp3) is 0.400. The lowest BCUT2D eigenvalue weighted by Crippen LogP contribution is -2.42. The zero-order valence-corrected chi connectivity index (χ0v) is 20.5. The highest BCUT2D eigenvalue weighted by Crippen LogP contribution is 2.40. The van der Waals surface area contributed by atoms with Gasteiger partial charge in [-0.1, -0.05) is 91.0 Å². The van der Waals surface area contributed by atoms with Gasteiger partial charge in [0.25, 0.3) is 0 Å². The number of aliphatic hydroxyl groups excluding tert-OH is 1. The number of aliphatic hydroxyl groups is 1. The van der Waals surface area contributed by atoms with E-state index in [0.29, 0.717) is 32.8 Å². The van der Waals surface area contributed by atoms with Crippen molar-refractivity contribution in [1.29, 1.82) is 0 Å². The Hall–Kier alpha value is -2.58. The van der Waals surface area contributed by atoms with Crippen LogP contribution < -0.4 is 0 Å². The van der Waals surface area contributed by atoms with Crippen LogP contribution in [0.4, 0.5) is 0 Å². The summed E-state index contributed by atoms with van der Waals surface area (Å²) in [7, 11) is 0. The molecule has 2 saturated heterocycles. The van der Waals surface area contributed by atoms with E-state index in [1.807, 2.05) is 59.7 Å². The van der Waals surface area contributed by atoms with Crippen LogP contribution in [0.2, 0.25) is 0 Å². The molecule has 2 aliphatic rings. The van der Waals surface area contributed by atoms with Crippen LogP contribution in [0.25, 0.3) is 0 Å². The van der Waals surface area contributed by atoms with Crippen molar-refractivity contribution in [1.82, 2.24) is 5.06 Å². The molecule has 190 valence electrons. The van der Waals surface area contributed by atoms with E-state index in [9.17, 15) is 5.11 Å². The number of hydrogen-bond donors (Lipinski definition) is 1. The van der Waals surface area contributed by atoms with Gasteiger partial charge in [0.1, 0.15) is 12.2 Å². The maximum Gasteiger partial charge on any atom is 0.106 e. The van der Waals surface area contributed by atoms with Crippen LogP contribution in [0.5, 0.6) is 0 Å². The molecule has 0 aliphatic carbocycles. The largest absolute Gasteiger partial charge is 0.396 e. The topological polar surface area (TPSA) is 60.4 Å². The Morgan fingerprint density at radius 1 is 0.722 bits per heavy atom. The van der Waals surface area contributed by atoms with Gasteiger partial charge in [-0.25, -0.2) is 0 Å². The van der Waals surface area contributed by atoms with Gasteiger partial charge < -0.3 is 19.3 Å². The zero-order chi connectivity index (χ0) is 24.6. The van der Waals surface area contributed by atoms with E-state index in [0.717, 1.165) is 23.1 Å². The number of fused-ring (bicyclic) bond motifs is 1. The summed E-state index contributed by atoms with van der Waals surface area (Å²) in [4.78, 5) is 6.34. The van der Waals surface area contributed by atoms with Gasteiger partial charge in [0.05, 0.1) is 44.6 Å². The van der Waals surface area contributed by atoms with Gasteiger partial charge >= 0.3 is 0 Å². The molecule has 2 heterocycles. The lowest BCUT2D eigenvalue weighted by atomic mass is 10.0. The van der Waals surface area contributed by atoms with Crippen molar-refractivity contribution in [2.75, 3.05) is 13.2 Å². The van der Waals surface area contributed by atoms with Gasteiger partial charge in [0.15, 0.2) is 0 Å². The fourth-order valence-corrected chi connectivity index (χ4v) is 5.15. The molecule has 3 aromatic rings. The zero-order valence-electron chi connectivity index (χ0n) is 20.5. The normalized spacial score (nSPS) is 25.8. The highest BCUT2D eigenvalue weighted by Gasteiger charge is 2.55. The highest BCUT2D eigenvalue weighted by atomic mass is 16.7. The van der Waals surface area contributed by atoms with Crippen LogP contribution in [0, 0.1) is 0 Å². The number of hydrogen-bond acceptors (Lipinski definition) is 6. The van der Waals surface area contributed by atoms with Gasteiger partial charge in [0, 0.05) is 6.61 Å². The quantitative estimate of drug-likeness (QED) is 0.404. The molecule has 3 aromatic carbocycles. The van der Waals surface area contributed by atoms with Crippen molar-refractivity contribution in [2.45, 2.75) is 63.1 Å². The summed E-state index contributed by atoms with van der Waals surface area (Å²) in [6.07, 6.45) is 0.966. The second kappa shape index (κ2) is 12.6. The predicted octanol–water partition coefficient (Wildman–Crippen LogP) is 4.51. The summed E-state index contributed by atoms with van der Waals surface area (Å²) >= 11 is 0. The van der Waals surface area contributed by atoms with Gasteiger partial charge in [-0.15, -0.1) is 0 Å². The Bertz CT molecular complexity index is 1030. The minimum Gasteiger partial charge on any atom is -0.396 e. The fourth-order valence-electron chi connectivity index (χ4n) is 5.15. The molecule has 0 saturated carbocycles. The molecule has 0 radical (unpaired) electrons. The molecule has 2 aliphatic heterocycles. The molecule has 0 bridgehead atoms. The number of rotatable bonds is 12. The standard InChI is InChI=1S/C30H35NO5/c32-17-16-26-18-27-29(34-20-24-12-6-2-7-13-24)30(35-21-25-14-8-3-9-15-25)28(31(27)36-26)22-33-19-23-10-4-1-5-11-23/h1-15,26-30,32H,16-22H2/t26-,27+,28+,29-,30-/m0/s1. The minimum atomic E-state index is -0.218. The predicted molar refractivity (Wildman–Crippen MR) is 137 cm³/mol. The molecular weight excluding hydrogens is 454 g/mol. The molecule has 0 amide bonds. The summed E-state index contributed by atoms with van der Waals surface area (Å²) in [6.45, 7) is 2.08. The van der Waals surface area contributed by atoms with Crippen LogP contribution >= 0.6 is 0 Å². The summed E-state index contributed by atoms with van der Waals surface area (Å²) in [5.41, 5.74) is 3.38. The molecule has 0 spiro atoms. The molecule has 1 N–H and O–H groups in total. The maximum atomic E-state index is 9.52. The van der Waals surface area contributed by atoms with Gasteiger partial charge in [-0.05, 0) is 29.5 Å². The number of hydroxylamine groups is 2. The van der Waals surface area contributed by atoms with Crippen molar-refractivity contribution in [3.05, 3.63) is 108 Å². The Labute approximate surface area is 213 Å². The Morgan fingerprint density at radius 2 is 1.25 bits per heavy atom. The molecule has 36 heavy (non-hydrogen) atoms. The van der Waals surface area contributed by atoms with E-state index in [2.05, 4.69) is 36.4 Å². The van der Waals surface area contributed by atoms with E-state index in [-0.39, 0.29) is 37.0 Å². The van der Waals surface area contributed by atoms with E-state index in [1.54, 1.807) is 0 Å². The van der Waals surface area contributed by atoms with Crippen LogP contribution in [0.3, 0.4) is 0 Å².